The molecule has 1 aromatic rings. The quantitative estimate of drug-likeness (QED) is 0.556. The van der Waals surface area contributed by atoms with Crippen LogP contribution in [-0.4, -0.2) is 68.9 Å². The second-order valence-electron chi connectivity index (χ2n) is 10.1. The van der Waals surface area contributed by atoms with E-state index in [0.717, 1.165) is 37.8 Å². The number of hydrogen-bond acceptors (Lipinski definition) is 4. The molecule has 1 aromatic carbocycles. The Morgan fingerprint density at radius 3 is 2.63 bits per heavy atom. The lowest BCUT2D eigenvalue weighted by molar-refractivity contribution is 0.0422. The fourth-order valence-electron chi connectivity index (χ4n) is 5.34. The van der Waals surface area contributed by atoms with E-state index >= 15 is 0 Å². The maximum atomic E-state index is 6.29. The van der Waals surface area contributed by atoms with Crippen LogP contribution in [0.15, 0.2) is 18.2 Å². The minimum absolute atomic E-state index is 0.216. The number of likely N-dealkylation sites (tertiary alicyclic amines) is 1. The minimum Gasteiger partial charge on any atom is -0.497 e. The first-order valence-corrected chi connectivity index (χ1v) is 12.3. The third kappa shape index (κ3) is 5.38. The number of hydrogen-bond donors (Lipinski definition) is 0. The maximum Gasteiger partial charge on any atom is 0.119 e. The van der Waals surface area contributed by atoms with Crippen LogP contribution in [0.3, 0.4) is 0 Å². The Balaban J connectivity index is 1.48. The van der Waals surface area contributed by atoms with Gasteiger partial charge in [0.2, 0.25) is 0 Å². The highest BCUT2D eigenvalue weighted by atomic mass is 16.5. The van der Waals surface area contributed by atoms with Gasteiger partial charge in [0.1, 0.15) is 5.75 Å². The molecule has 0 amide bonds. The zero-order valence-electron chi connectivity index (χ0n) is 19.5. The third-order valence-electron chi connectivity index (χ3n) is 7.92. The Labute approximate surface area is 183 Å². The summed E-state index contributed by atoms with van der Waals surface area (Å²) >= 11 is 0. The predicted molar refractivity (Wildman–Crippen MR) is 124 cm³/mol. The Bertz CT molecular complexity index is 684. The van der Waals surface area contributed by atoms with Crippen molar-refractivity contribution in [2.75, 3.05) is 53.0 Å². The maximum absolute atomic E-state index is 6.29. The van der Waals surface area contributed by atoms with Gasteiger partial charge in [-0.05, 0) is 99.2 Å². The van der Waals surface area contributed by atoms with Crippen molar-refractivity contribution in [1.82, 2.24) is 9.80 Å². The zero-order chi connectivity index (χ0) is 21.0. The molecule has 3 aliphatic rings. The highest BCUT2D eigenvalue weighted by Gasteiger charge is 2.35. The molecule has 30 heavy (non-hydrogen) atoms. The van der Waals surface area contributed by atoms with Crippen molar-refractivity contribution >= 4 is 0 Å². The van der Waals surface area contributed by atoms with Crippen LogP contribution in [0.1, 0.15) is 63.5 Å². The normalized spacial score (nSPS) is 28.2. The highest BCUT2D eigenvalue weighted by molar-refractivity contribution is 5.41. The van der Waals surface area contributed by atoms with E-state index < -0.39 is 0 Å². The van der Waals surface area contributed by atoms with Gasteiger partial charge in [-0.1, -0.05) is 19.9 Å². The number of methoxy groups -OCH3 is 1. The summed E-state index contributed by atoms with van der Waals surface area (Å²) in [7, 11) is 1.78. The summed E-state index contributed by atoms with van der Waals surface area (Å²) in [6, 6.07) is 7.26. The number of ether oxygens (including phenoxy) is 2. The van der Waals surface area contributed by atoms with Gasteiger partial charge in [-0.15, -0.1) is 0 Å². The first-order valence-electron chi connectivity index (χ1n) is 12.3. The summed E-state index contributed by atoms with van der Waals surface area (Å²) in [5, 5.41) is 0. The lowest BCUT2D eigenvalue weighted by Crippen LogP contribution is -2.46. The molecule has 4 heteroatoms. The molecule has 0 aromatic heterocycles. The van der Waals surface area contributed by atoms with Crippen LogP contribution < -0.4 is 4.74 Å². The Hall–Kier alpha value is -1.10. The van der Waals surface area contributed by atoms with E-state index in [1.54, 1.807) is 7.11 Å². The van der Waals surface area contributed by atoms with Gasteiger partial charge >= 0.3 is 0 Å². The lowest BCUT2D eigenvalue weighted by Gasteiger charge is -2.41. The van der Waals surface area contributed by atoms with Crippen molar-refractivity contribution in [3.8, 4) is 5.75 Å². The second-order valence-corrected chi connectivity index (χ2v) is 10.1. The van der Waals surface area contributed by atoms with Crippen LogP contribution in [0.25, 0.3) is 0 Å². The topological polar surface area (TPSA) is 24.9 Å². The van der Waals surface area contributed by atoms with Crippen molar-refractivity contribution < 1.29 is 9.47 Å². The summed E-state index contributed by atoms with van der Waals surface area (Å²) in [5.74, 6) is 1.90. The molecule has 2 atom stereocenters. The van der Waals surface area contributed by atoms with E-state index in [1.807, 2.05) is 0 Å². The Morgan fingerprint density at radius 2 is 1.93 bits per heavy atom. The average molecular weight is 415 g/mol. The van der Waals surface area contributed by atoms with Crippen molar-refractivity contribution in [3.05, 3.63) is 29.3 Å². The molecular weight excluding hydrogens is 372 g/mol. The molecular formula is C26H42N2O2. The Kier molecular flexibility index (Phi) is 7.38. The van der Waals surface area contributed by atoms with Gasteiger partial charge in [0.25, 0.3) is 0 Å². The number of benzene rings is 1. The van der Waals surface area contributed by atoms with Crippen molar-refractivity contribution in [2.45, 2.75) is 70.3 Å². The molecule has 1 saturated heterocycles. The summed E-state index contributed by atoms with van der Waals surface area (Å²) in [6.45, 7) is 12.6. The molecule has 0 spiro atoms. The zero-order valence-corrected chi connectivity index (χ0v) is 19.5. The highest BCUT2D eigenvalue weighted by Crippen LogP contribution is 2.39. The van der Waals surface area contributed by atoms with Gasteiger partial charge in [-0.2, -0.15) is 0 Å². The largest absolute Gasteiger partial charge is 0.497 e. The fraction of sp³-hybridized carbons (Fsp3) is 0.769. The molecule has 0 radical (unpaired) electrons. The molecule has 2 fully saturated rings. The fourth-order valence-corrected chi connectivity index (χ4v) is 5.34. The van der Waals surface area contributed by atoms with Gasteiger partial charge in [0.05, 0.1) is 20.3 Å². The molecule has 1 saturated carbocycles. The SMILES string of the molecule is CCC1(C)CCN(CC2CC2)C(COCCN2CCCC2)Cc2ccc(OC)cc21. The molecule has 4 rings (SSSR count). The summed E-state index contributed by atoms with van der Waals surface area (Å²) in [6.07, 6.45) is 9.01. The number of fused-ring (bicyclic) bond motifs is 1. The molecule has 0 N–H and O–H groups in total. The van der Waals surface area contributed by atoms with Gasteiger partial charge in [-0.25, -0.2) is 0 Å². The van der Waals surface area contributed by atoms with Gasteiger partial charge in [0, 0.05) is 19.1 Å². The van der Waals surface area contributed by atoms with Gasteiger partial charge < -0.3 is 14.4 Å². The molecule has 168 valence electrons. The summed E-state index contributed by atoms with van der Waals surface area (Å²) in [4.78, 5) is 5.32. The number of nitrogens with zero attached hydrogens (tertiary/aromatic N) is 2. The third-order valence-corrected chi connectivity index (χ3v) is 7.92. The van der Waals surface area contributed by atoms with Crippen LogP contribution in [0.2, 0.25) is 0 Å². The average Bonchev–Trinajstić information content (AvgIpc) is 3.43. The van der Waals surface area contributed by atoms with E-state index in [2.05, 4.69) is 41.8 Å². The van der Waals surface area contributed by atoms with Crippen LogP contribution in [0, 0.1) is 5.92 Å². The molecule has 1 aliphatic carbocycles. The molecule has 4 nitrogen and oxygen atoms in total. The van der Waals surface area contributed by atoms with Crippen LogP contribution in [0.4, 0.5) is 0 Å². The summed E-state index contributed by atoms with van der Waals surface area (Å²) < 4.78 is 11.9. The number of rotatable bonds is 9. The summed E-state index contributed by atoms with van der Waals surface area (Å²) in [5.41, 5.74) is 3.21. The molecule has 2 heterocycles. The standard InChI is InChI=1S/C26H42N2O2/c1-4-26(2)11-14-28(19-21-7-8-21)23(20-30-16-15-27-12-5-6-13-27)17-22-9-10-24(29-3)18-25(22)26/h9-10,18,21,23H,4-8,11-17,19-20H2,1-3H3. The minimum atomic E-state index is 0.216. The van der Waals surface area contributed by atoms with Crippen LogP contribution in [0.5, 0.6) is 5.75 Å². The predicted octanol–water partition coefficient (Wildman–Crippen LogP) is 4.50. The molecule has 0 bridgehead atoms. The van der Waals surface area contributed by atoms with Crippen LogP contribution in [-0.2, 0) is 16.6 Å². The van der Waals surface area contributed by atoms with Gasteiger partial charge in [-0.3, -0.25) is 4.90 Å². The Morgan fingerprint density at radius 1 is 1.13 bits per heavy atom. The second kappa shape index (κ2) is 10.0. The van der Waals surface area contributed by atoms with E-state index in [4.69, 9.17) is 9.47 Å². The smallest absolute Gasteiger partial charge is 0.119 e. The van der Waals surface area contributed by atoms with Crippen molar-refractivity contribution in [2.24, 2.45) is 5.92 Å². The molecule has 2 aliphatic heterocycles. The van der Waals surface area contributed by atoms with E-state index in [0.29, 0.717) is 6.04 Å². The van der Waals surface area contributed by atoms with Gasteiger partial charge in [0.15, 0.2) is 0 Å². The van der Waals surface area contributed by atoms with Crippen molar-refractivity contribution in [3.63, 3.8) is 0 Å². The first-order chi connectivity index (χ1) is 14.6. The van der Waals surface area contributed by atoms with Crippen molar-refractivity contribution in [1.29, 1.82) is 0 Å². The first kappa shape index (κ1) is 22.1. The molecule has 2 unspecified atom stereocenters. The van der Waals surface area contributed by atoms with E-state index in [1.165, 1.54) is 75.8 Å². The van der Waals surface area contributed by atoms with Crippen LogP contribution >= 0.6 is 0 Å². The van der Waals surface area contributed by atoms with E-state index in [-0.39, 0.29) is 5.41 Å². The monoisotopic (exact) mass is 414 g/mol. The van der Waals surface area contributed by atoms with E-state index in [9.17, 15) is 0 Å². The lowest BCUT2D eigenvalue weighted by atomic mass is 9.73.